The second kappa shape index (κ2) is 8.96. The lowest BCUT2D eigenvalue weighted by atomic mass is 10.0. The molecule has 0 saturated carbocycles. The van der Waals surface area contributed by atoms with Crippen LogP contribution in [0.2, 0.25) is 0 Å². The number of carbonyl (C=O) groups excluding carboxylic acids is 1. The normalized spacial score (nSPS) is 14.6. The van der Waals surface area contributed by atoms with Crippen LogP contribution in [0.15, 0.2) is 95.6 Å². The number of amides is 1. The number of nitrogens with zero attached hydrogens (tertiary/aromatic N) is 2. The number of ether oxygens (including phenoxy) is 1. The maximum atomic E-state index is 13.1. The van der Waals surface area contributed by atoms with E-state index in [1.807, 2.05) is 83.5 Å². The van der Waals surface area contributed by atoms with Gasteiger partial charge in [0.25, 0.3) is 5.91 Å². The molecule has 0 saturated heterocycles. The molecule has 2 N–H and O–H groups in total. The van der Waals surface area contributed by atoms with E-state index in [0.29, 0.717) is 11.4 Å². The molecular weight excluding hydrogens is 480 g/mol. The molecule has 5 rings (SSSR count). The van der Waals surface area contributed by atoms with Crippen LogP contribution in [0, 0.1) is 0 Å². The molecule has 0 fully saturated rings. The van der Waals surface area contributed by atoms with Crippen LogP contribution in [0.25, 0.3) is 5.70 Å². The Labute approximate surface area is 200 Å². The highest BCUT2D eigenvalue weighted by atomic mass is 79.9. The average Bonchev–Trinajstić information content (AvgIpc) is 3.29. The molecule has 164 valence electrons. The van der Waals surface area contributed by atoms with E-state index in [9.17, 15) is 4.79 Å². The summed E-state index contributed by atoms with van der Waals surface area (Å²) >= 11 is 3.49. The van der Waals surface area contributed by atoms with Crippen LogP contribution < -0.4 is 15.4 Å². The average molecular weight is 501 g/mol. The highest BCUT2D eigenvalue weighted by Crippen LogP contribution is 2.36. The van der Waals surface area contributed by atoms with E-state index in [0.717, 1.165) is 32.7 Å². The zero-order valence-corrected chi connectivity index (χ0v) is 19.4. The summed E-state index contributed by atoms with van der Waals surface area (Å²) in [6.45, 7) is 0. The van der Waals surface area contributed by atoms with Crippen LogP contribution in [0.3, 0.4) is 0 Å². The molecule has 2 heterocycles. The number of hydrogen-bond acceptors (Lipinski definition) is 4. The van der Waals surface area contributed by atoms with Gasteiger partial charge >= 0.3 is 0 Å². The summed E-state index contributed by atoms with van der Waals surface area (Å²) in [7, 11) is 1.65. The van der Waals surface area contributed by atoms with E-state index >= 15 is 0 Å². The number of rotatable bonds is 5. The van der Waals surface area contributed by atoms with Crippen molar-refractivity contribution in [2.45, 2.75) is 6.04 Å². The van der Waals surface area contributed by atoms with E-state index in [1.54, 1.807) is 13.3 Å². The van der Waals surface area contributed by atoms with Crippen molar-refractivity contribution in [2.24, 2.45) is 0 Å². The number of aromatic nitrogens is 2. The van der Waals surface area contributed by atoms with E-state index in [-0.39, 0.29) is 11.9 Å². The monoisotopic (exact) mass is 500 g/mol. The molecule has 3 aromatic carbocycles. The number of fused-ring (bicyclic) bond motifs is 1. The molecule has 1 aromatic heterocycles. The number of benzene rings is 3. The summed E-state index contributed by atoms with van der Waals surface area (Å²) in [5.41, 5.74) is 4.16. The molecule has 0 radical (unpaired) electrons. The Hall–Kier alpha value is -3.84. The zero-order valence-electron chi connectivity index (χ0n) is 17.8. The lowest BCUT2D eigenvalue weighted by molar-refractivity contribution is 0.102. The molecule has 0 unspecified atom stereocenters. The van der Waals surface area contributed by atoms with Gasteiger partial charge in [-0.1, -0.05) is 58.4 Å². The summed E-state index contributed by atoms with van der Waals surface area (Å²) in [5.74, 6) is 1.21. The molecule has 1 amide bonds. The molecule has 1 aliphatic rings. The predicted molar refractivity (Wildman–Crippen MR) is 133 cm³/mol. The van der Waals surface area contributed by atoms with Crippen molar-refractivity contribution < 1.29 is 9.53 Å². The molecule has 33 heavy (non-hydrogen) atoms. The zero-order chi connectivity index (χ0) is 22.8. The Bertz CT molecular complexity index is 1310. The number of para-hydroxylation sites is 1. The van der Waals surface area contributed by atoms with Crippen LogP contribution in [-0.4, -0.2) is 22.8 Å². The van der Waals surface area contributed by atoms with Crippen molar-refractivity contribution in [3.8, 4) is 5.75 Å². The summed E-state index contributed by atoms with van der Waals surface area (Å²) < 4.78 is 8.15. The van der Waals surface area contributed by atoms with Gasteiger partial charge in [0.15, 0.2) is 0 Å². The highest BCUT2D eigenvalue weighted by molar-refractivity contribution is 9.10. The molecule has 0 aliphatic carbocycles. The van der Waals surface area contributed by atoms with Gasteiger partial charge in [0.05, 0.1) is 19.3 Å². The first-order valence-electron chi connectivity index (χ1n) is 10.4. The molecule has 1 aliphatic heterocycles. The molecule has 0 spiro atoms. The maximum absolute atomic E-state index is 13.1. The molecule has 1 atom stereocenters. The maximum Gasteiger partial charge on any atom is 0.261 e. The van der Waals surface area contributed by atoms with E-state index in [2.05, 4.69) is 37.7 Å². The minimum absolute atomic E-state index is 0.191. The van der Waals surface area contributed by atoms with Gasteiger partial charge in [-0.25, -0.2) is 4.68 Å². The lowest BCUT2D eigenvalue weighted by Gasteiger charge is -2.26. The van der Waals surface area contributed by atoms with Crippen LogP contribution in [-0.2, 0) is 0 Å². The summed E-state index contributed by atoms with van der Waals surface area (Å²) in [4.78, 5) is 13.1. The Morgan fingerprint density at radius 2 is 1.76 bits per heavy atom. The van der Waals surface area contributed by atoms with Gasteiger partial charge in [0.2, 0.25) is 0 Å². The number of carbonyl (C=O) groups is 1. The number of nitrogens with one attached hydrogen (secondary N) is 2. The predicted octanol–water partition coefficient (Wildman–Crippen LogP) is 5.96. The number of halogens is 1. The fraction of sp³-hybridized carbons (Fsp3) is 0.0769. The topological polar surface area (TPSA) is 68.2 Å². The van der Waals surface area contributed by atoms with Crippen molar-refractivity contribution in [1.82, 2.24) is 9.78 Å². The first-order valence-corrected chi connectivity index (χ1v) is 11.2. The van der Waals surface area contributed by atoms with Gasteiger partial charge in [-0.05, 0) is 53.6 Å². The largest absolute Gasteiger partial charge is 0.497 e. The minimum Gasteiger partial charge on any atom is -0.497 e. The second-order valence-corrected chi connectivity index (χ2v) is 8.52. The third kappa shape index (κ3) is 4.27. The summed E-state index contributed by atoms with van der Waals surface area (Å²) in [5, 5.41) is 11.0. The minimum atomic E-state index is -0.222. The van der Waals surface area contributed by atoms with Crippen molar-refractivity contribution >= 4 is 39.0 Å². The highest BCUT2D eigenvalue weighted by Gasteiger charge is 2.28. The molecular formula is C26H21BrN4O2. The Kier molecular flexibility index (Phi) is 5.71. The third-order valence-corrected chi connectivity index (χ3v) is 6.05. The molecule has 4 aromatic rings. The smallest absolute Gasteiger partial charge is 0.261 e. The Morgan fingerprint density at radius 3 is 2.45 bits per heavy atom. The van der Waals surface area contributed by atoms with Crippen LogP contribution >= 0.6 is 15.9 Å². The van der Waals surface area contributed by atoms with Crippen molar-refractivity contribution in [2.75, 3.05) is 17.7 Å². The van der Waals surface area contributed by atoms with Gasteiger partial charge < -0.3 is 15.4 Å². The van der Waals surface area contributed by atoms with Gasteiger partial charge in [0.1, 0.15) is 17.1 Å². The van der Waals surface area contributed by atoms with Gasteiger partial charge in [-0.15, -0.1) is 0 Å². The van der Waals surface area contributed by atoms with Gasteiger partial charge in [-0.3, -0.25) is 4.79 Å². The van der Waals surface area contributed by atoms with Crippen molar-refractivity contribution in [1.29, 1.82) is 0 Å². The quantitative estimate of drug-likeness (QED) is 0.354. The lowest BCUT2D eigenvalue weighted by Crippen LogP contribution is -2.22. The fourth-order valence-corrected chi connectivity index (χ4v) is 4.08. The molecule has 0 bridgehead atoms. The summed E-state index contributed by atoms with van der Waals surface area (Å²) in [6.07, 6.45) is 3.72. The third-order valence-electron chi connectivity index (χ3n) is 5.53. The van der Waals surface area contributed by atoms with Crippen LogP contribution in [0.4, 0.5) is 11.5 Å². The van der Waals surface area contributed by atoms with Crippen molar-refractivity contribution in [3.63, 3.8) is 0 Å². The van der Waals surface area contributed by atoms with Gasteiger partial charge in [-0.2, -0.15) is 5.10 Å². The number of hydrogen-bond donors (Lipinski definition) is 2. The second-order valence-electron chi connectivity index (χ2n) is 7.60. The van der Waals surface area contributed by atoms with Gasteiger partial charge in [0, 0.05) is 15.9 Å². The molecule has 6 nitrogen and oxygen atoms in total. The first-order chi connectivity index (χ1) is 16.1. The number of allylic oxidation sites excluding steroid dienone is 1. The van der Waals surface area contributed by atoms with Crippen LogP contribution in [0.1, 0.15) is 27.5 Å². The van der Waals surface area contributed by atoms with E-state index < -0.39 is 0 Å². The Balaban J connectivity index is 1.56. The van der Waals surface area contributed by atoms with Crippen molar-refractivity contribution in [3.05, 3.63) is 112 Å². The SMILES string of the molecule is COc1ccc([C@@H]2C=C(c3ccc(Br)cc3)Nc3c(C(=O)Nc4ccccc4)cnn32)cc1. The number of anilines is 2. The first kappa shape index (κ1) is 21.0. The van der Waals surface area contributed by atoms with E-state index in [1.165, 1.54) is 0 Å². The standard InChI is InChI=1S/C26H21BrN4O2/c1-33-21-13-9-18(10-14-21)24-15-23(17-7-11-19(27)12-8-17)30-25-22(16-28-31(24)25)26(32)29-20-5-3-2-4-6-20/h2-16,24,30H,1H3,(H,29,32)/t24-/m0/s1. The Morgan fingerprint density at radius 1 is 1.03 bits per heavy atom. The van der Waals surface area contributed by atoms with Crippen LogP contribution in [0.5, 0.6) is 5.75 Å². The molecule has 7 heteroatoms. The fourth-order valence-electron chi connectivity index (χ4n) is 3.82. The van der Waals surface area contributed by atoms with E-state index in [4.69, 9.17) is 4.74 Å². The number of methoxy groups -OCH3 is 1. The summed E-state index contributed by atoms with van der Waals surface area (Å²) in [6, 6.07) is 25.1.